The summed E-state index contributed by atoms with van der Waals surface area (Å²) < 4.78 is 7.21. The van der Waals surface area contributed by atoms with E-state index >= 15 is 0 Å². The number of carbonyl (C=O) groups excluding carboxylic acids is 1. The van der Waals surface area contributed by atoms with Crippen molar-refractivity contribution in [1.29, 1.82) is 0 Å². The summed E-state index contributed by atoms with van der Waals surface area (Å²) >= 11 is 0. The lowest BCUT2D eigenvalue weighted by molar-refractivity contribution is 0.0700. The Morgan fingerprint density at radius 3 is 2.79 bits per heavy atom. The van der Waals surface area contributed by atoms with Gasteiger partial charge in [-0.05, 0) is 55.3 Å². The van der Waals surface area contributed by atoms with Gasteiger partial charge in [0, 0.05) is 25.3 Å². The Hall–Kier alpha value is -3.39. The van der Waals surface area contributed by atoms with Gasteiger partial charge in [-0.2, -0.15) is 4.98 Å². The number of imidazole rings is 1. The number of fused-ring (bicyclic) bond motifs is 2. The fourth-order valence-electron chi connectivity index (χ4n) is 3.97. The molecule has 3 N–H and O–H groups in total. The summed E-state index contributed by atoms with van der Waals surface area (Å²) in [4.78, 5) is 23.6. The smallest absolute Gasteiger partial charge is 0.292 e. The second kappa shape index (κ2) is 6.89. The molecule has 0 aliphatic carbocycles. The van der Waals surface area contributed by atoms with Crippen LogP contribution in [-0.4, -0.2) is 51.4 Å². The summed E-state index contributed by atoms with van der Waals surface area (Å²) in [7, 11) is 1.97. The number of pyridine rings is 1. The number of nitrogen functional groups attached to an aromatic ring is 1. The van der Waals surface area contributed by atoms with E-state index in [2.05, 4.69) is 15.3 Å². The molecular weight excluding hydrogens is 368 g/mol. The molecular formula is C21H22N6O2. The van der Waals surface area contributed by atoms with Crippen molar-refractivity contribution >= 4 is 28.7 Å². The first kappa shape index (κ1) is 17.7. The number of nitrogens with one attached hydrogen (secondary N) is 1. The number of rotatable bonds is 3. The third-order valence-electron chi connectivity index (χ3n) is 5.65. The quantitative estimate of drug-likeness (QED) is 0.557. The average Bonchev–Trinajstić information content (AvgIpc) is 3.34. The number of nitrogens with two attached hydrogens (primary N) is 1. The fraction of sp³-hybridized carbons (Fsp3) is 0.286. The predicted octanol–water partition coefficient (Wildman–Crippen LogP) is 2.55. The van der Waals surface area contributed by atoms with Crippen molar-refractivity contribution in [1.82, 2.24) is 24.6 Å². The normalized spacial score (nSPS) is 15.4. The Labute approximate surface area is 167 Å². The van der Waals surface area contributed by atoms with E-state index in [0.29, 0.717) is 22.8 Å². The van der Waals surface area contributed by atoms with Crippen LogP contribution < -0.4 is 11.1 Å². The first-order valence-corrected chi connectivity index (χ1v) is 9.72. The van der Waals surface area contributed by atoms with Crippen molar-refractivity contribution in [3.05, 3.63) is 48.4 Å². The van der Waals surface area contributed by atoms with Gasteiger partial charge in [0.2, 0.25) is 0 Å². The van der Waals surface area contributed by atoms with Gasteiger partial charge < -0.3 is 20.4 Å². The summed E-state index contributed by atoms with van der Waals surface area (Å²) in [5.74, 6) is 0.0175. The molecule has 0 atom stereocenters. The maximum atomic E-state index is 13.1. The maximum absolute atomic E-state index is 13.1. The van der Waals surface area contributed by atoms with Crippen LogP contribution in [0.25, 0.3) is 27.9 Å². The van der Waals surface area contributed by atoms with Crippen LogP contribution in [0.1, 0.15) is 23.3 Å². The number of carbonyl (C=O) groups is 1. The van der Waals surface area contributed by atoms with Crippen molar-refractivity contribution in [3.8, 4) is 11.1 Å². The summed E-state index contributed by atoms with van der Waals surface area (Å²) in [6, 6.07) is 10.3. The number of likely N-dealkylation sites (tertiary alicyclic amines) is 1. The molecule has 8 heteroatoms. The summed E-state index contributed by atoms with van der Waals surface area (Å²) in [6.07, 6.45) is 5.53. The summed E-state index contributed by atoms with van der Waals surface area (Å²) in [5.41, 5.74) is 10.2. The van der Waals surface area contributed by atoms with Crippen molar-refractivity contribution in [2.24, 2.45) is 0 Å². The van der Waals surface area contributed by atoms with Crippen LogP contribution in [0.3, 0.4) is 0 Å². The molecule has 0 spiro atoms. The minimum atomic E-state index is 0.0175. The molecule has 0 bridgehead atoms. The van der Waals surface area contributed by atoms with E-state index in [9.17, 15) is 4.79 Å². The molecule has 1 fully saturated rings. The first-order chi connectivity index (χ1) is 14.1. The zero-order chi connectivity index (χ0) is 20.0. The number of oxazole rings is 1. The average molecular weight is 390 g/mol. The van der Waals surface area contributed by atoms with Gasteiger partial charge in [0.15, 0.2) is 5.58 Å². The maximum Gasteiger partial charge on any atom is 0.292 e. The highest BCUT2D eigenvalue weighted by molar-refractivity contribution is 5.93. The van der Waals surface area contributed by atoms with Gasteiger partial charge in [-0.1, -0.05) is 6.07 Å². The highest BCUT2D eigenvalue weighted by atomic mass is 16.4. The molecule has 29 heavy (non-hydrogen) atoms. The lowest BCUT2D eigenvalue weighted by Gasteiger charge is -2.31. The highest BCUT2D eigenvalue weighted by Crippen LogP contribution is 2.26. The van der Waals surface area contributed by atoms with E-state index in [0.717, 1.165) is 42.7 Å². The number of benzene rings is 1. The number of piperidine rings is 1. The van der Waals surface area contributed by atoms with Gasteiger partial charge in [0.1, 0.15) is 16.9 Å². The number of anilines is 1. The van der Waals surface area contributed by atoms with Crippen molar-refractivity contribution in [2.75, 3.05) is 25.9 Å². The molecule has 1 aromatic carbocycles. The molecule has 1 saturated heterocycles. The van der Waals surface area contributed by atoms with E-state index in [1.54, 1.807) is 6.20 Å². The molecule has 148 valence electrons. The molecule has 0 saturated carbocycles. The number of amides is 1. The number of aromatic nitrogens is 3. The van der Waals surface area contributed by atoms with Gasteiger partial charge >= 0.3 is 0 Å². The van der Waals surface area contributed by atoms with Crippen LogP contribution in [0.15, 0.2) is 47.1 Å². The van der Waals surface area contributed by atoms with Crippen LogP contribution in [-0.2, 0) is 0 Å². The molecule has 1 aliphatic rings. The van der Waals surface area contributed by atoms with Crippen LogP contribution in [0.4, 0.5) is 6.01 Å². The minimum absolute atomic E-state index is 0.0175. The molecule has 4 aromatic rings. The minimum Gasteiger partial charge on any atom is -0.424 e. The third-order valence-corrected chi connectivity index (χ3v) is 5.65. The zero-order valence-electron chi connectivity index (χ0n) is 16.1. The van der Waals surface area contributed by atoms with Crippen molar-refractivity contribution < 1.29 is 9.21 Å². The van der Waals surface area contributed by atoms with E-state index in [-0.39, 0.29) is 11.9 Å². The molecule has 4 heterocycles. The van der Waals surface area contributed by atoms with Gasteiger partial charge in [-0.15, -0.1) is 0 Å². The van der Waals surface area contributed by atoms with E-state index in [1.165, 1.54) is 0 Å². The Morgan fingerprint density at radius 2 is 2.00 bits per heavy atom. The van der Waals surface area contributed by atoms with Crippen molar-refractivity contribution in [2.45, 2.75) is 18.9 Å². The summed E-state index contributed by atoms with van der Waals surface area (Å²) in [5, 5.41) is 3.29. The largest absolute Gasteiger partial charge is 0.424 e. The first-order valence-electron chi connectivity index (χ1n) is 9.72. The van der Waals surface area contributed by atoms with Gasteiger partial charge in [-0.3, -0.25) is 9.20 Å². The van der Waals surface area contributed by atoms with Gasteiger partial charge in [0.05, 0.1) is 6.20 Å². The van der Waals surface area contributed by atoms with E-state index in [1.807, 2.05) is 52.9 Å². The second-order valence-electron chi connectivity index (χ2n) is 7.38. The number of hydrogen-bond acceptors (Lipinski definition) is 6. The second-order valence-corrected chi connectivity index (χ2v) is 7.38. The Morgan fingerprint density at radius 1 is 1.21 bits per heavy atom. The van der Waals surface area contributed by atoms with Crippen LogP contribution in [0, 0.1) is 0 Å². The molecule has 0 unspecified atom stereocenters. The molecule has 1 amide bonds. The lowest BCUT2D eigenvalue weighted by Crippen LogP contribution is -2.44. The standard InChI is InChI=1S/C21H22N6O2/c1-23-15-6-8-26(9-7-15)20(28)17-11-24-19-5-3-14(12-27(17)19)13-2-4-18-16(10-13)25-21(22)29-18/h2-5,10-12,15,23H,6-9H2,1H3,(H2,22,25). The zero-order valence-corrected chi connectivity index (χ0v) is 16.1. The summed E-state index contributed by atoms with van der Waals surface area (Å²) in [6.45, 7) is 1.50. The molecule has 5 rings (SSSR count). The fourth-order valence-corrected chi connectivity index (χ4v) is 3.97. The Balaban J connectivity index is 1.49. The topological polar surface area (TPSA) is 102 Å². The van der Waals surface area contributed by atoms with Gasteiger partial charge in [0.25, 0.3) is 11.9 Å². The van der Waals surface area contributed by atoms with Crippen LogP contribution in [0.2, 0.25) is 0 Å². The lowest BCUT2D eigenvalue weighted by atomic mass is 10.1. The molecule has 3 aromatic heterocycles. The Bertz CT molecular complexity index is 1200. The number of hydrogen-bond donors (Lipinski definition) is 2. The molecule has 8 nitrogen and oxygen atoms in total. The Kier molecular flexibility index (Phi) is 4.21. The van der Waals surface area contributed by atoms with E-state index < -0.39 is 0 Å². The van der Waals surface area contributed by atoms with E-state index in [4.69, 9.17) is 10.2 Å². The van der Waals surface area contributed by atoms with Crippen LogP contribution >= 0.6 is 0 Å². The number of nitrogens with zero attached hydrogens (tertiary/aromatic N) is 4. The molecule has 0 radical (unpaired) electrons. The van der Waals surface area contributed by atoms with Gasteiger partial charge in [-0.25, -0.2) is 4.98 Å². The molecule has 1 aliphatic heterocycles. The predicted molar refractivity (Wildman–Crippen MR) is 111 cm³/mol. The SMILES string of the molecule is CNC1CCN(C(=O)c2cnc3ccc(-c4ccc5oc(N)nc5c4)cn23)CC1. The third kappa shape index (κ3) is 3.11. The highest BCUT2D eigenvalue weighted by Gasteiger charge is 2.25. The van der Waals surface area contributed by atoms with Crippen LogP contribution in [0.5, 0.6) is 0 Å². The monoisotopic (exact) mass is 390 g/mol. The van der Waals surface area contributed by atoms with Crippen molar-refractivity contribution in [3.63, 3.8) is 0 Å².